The lowest BCUT2D eigenvalue weighted by Gasteiger charge is -2.22. The Bertz CT molecular complexity index is 652. The van der Waals surface area contributed by atoms with Crippen LogP contribution in [0.1, 0.15) is 51.0 Å². The molecule has 0 unspecified atom stereocenters. The minimum Gasteiger partial charge on any atom is -0.493 e. The van der Waals surface area contributed by atoms with Crippen LogP contribution in [0.2, 0.25) is 0 Å². The van der Waals surface area contributed by atoms with E-state index >= 15 is 0 Å². The largest absolute Gasteiger partial charge is 0.493 e. The van der Waals surface area contributed by atoms with Crippen molar-refractivity contribution in [3.8, 4) is 11.5 Å². The molecule has 0 spiro atoms. The molecule has 2 rings (SSSR count). The van der Waals surface area contributed by atoms with Crippen LogP contribution in [0.15, 0.2) is 24.3 Å². The summed E-state index contributed by atoms with van der Waals surface area (Å²) < 4.78 is 10.8. The highest BCUT2D eigenvalue weighted by Crippen LogP contribution is 2.28. The molecule has 0 atom stereocenters. The molecule has 1 aromatic rings. The number of ether oxygens (including phenoxy) is 2. The number of methoxy groups -OCH3 is 1. The molecule has 27 heavy (non-hydrogen) atoms. The average Bonchev–Trinajstić information content (AvgIpc) is 2.68. The maximum Gasteiger partial charge on any atom is 0.257 e. The third-order valence-corrected chi connectivity index (χ3v) is 4.55. The highest BCUT2D eigenvalue weighted by molar-refractivity contribution is 5.80. The Morgan fingerprint density at radius 3 is 2.63 bits per heavy atom. The van der Waals surface area contributed by atoms with Gasteiger partial charge in [0.15, 0.2) is 18.1 Å². The highest BCUT2D eigenvalue weighted by Gasteiger charge is 2.15. The second kappa shape index (κ2) is 11.3. The van der Waals surface area contributed by atoms with Crippen LogP contribution in [0, 0.1) is 0 Å². The molecule has 1 aliphatic carbocycles. The predicted molar refractivity (Wildman–Crippen MR) is 106 cm³/mol. The Balaban J connectivity index is 1.69. The van der Waals surface area contributed by atoms with Crippen molar-refractivity contribution >= 4 is 17.9 Å². The molecule has 0 aliphatic heterocycles. The molecule has 2 amide bonds. The van der Waals surface area contributed by atoms with E-state index < -0.39 is 0 Å². The minimum absolute atomic E-state index is 0.00986. The molecular weight excluding hydrogens is 344 g/mol. The zero-order valence-electron chi connectivity index (χ0n) is 16.3. The molecule has 1 saturated carbocycles. The lowest BCUT2D eigenvalue weighted by atomic mass is 9.95. The van der Waals surface area contributed by atoms with Gasteiger partial charge in [-0.2, -0.15) is 0 Å². The molecule has 0 heterocycles. The van der Waals surface area contributed by atoms with E-state index in [1.807, 2.05) is 31.2 Å². The summed E-state index contributed by atoms with van der Waals surface area (Å²) in [6.07, 6.45) is 9.90. The van der Waals surface area contributed by atoms with Crippen LogP contribution in [0.4, 0.5) is 0 Å². The van der Waals surface area contributed by atoms with Crippen molar-refractivity contribution in [1.82, 2.24) is 10.6 Å². The van der Waals surface area contributed by atoms with E-state index in [-0.39, 0.29) is 24.8 Å². The van der Waals surface area contributed by atoms with Crippen LogP contribution in [0.5, 0.6) is 11.5 Å². The zero-order chi connectivity index (χ0) is 19.5. The summed E-state index contributed by atoms with van der Waals surface area (Å²) >= 11 is 0. The number of nitrogens with one attached hydrogen (secondary N) is 2. The summed E-state index contributed by atoms with van der Waals surface area (Å²) in [7, 11) is 1.56. The monoisotopic (exact) mass is 374 g/mol. The number of allylic oxidation sites excluding steroid dienone is 1. The minimum atomic E-state index is -0.264. The van der Waals surface area contributed by atoms with Crippen LogP contribution in [0.25, 0.3) is 6.08 Å². The van der Waals surface area contributed by atoms with Gasteiger partial charge in [-0.15, -0.1) is 0 Å². The summed E-state index contributed by atoms with van der Waals surface area (Å²) in [5.41, 5.74) is 0.995. The fourth-order valence-corrected chi connectivity index (χ4v) is 3.16. The Morgan fingerprint density at radius 2 is 1.93 bits per heavy atom. The van der Waals surface area contributed by atoms with E-state index in [1.165, 1.54) is 19.3 Å². The standard InChI is InChI=1S/C21H30N2O4/c1-3-7-16-10-11-18(19(14-16)26-2)27-15-21(25)22-13-12-20(24)23-17-8-5-4-6-9-17/h3,7,10-11,14,17H,4-6,8-9,12-13,15H2,1-2H3,(H,22,25)(H,23,24). The molecule has 1 aromatic carbocycles. The smallest absolute Gasteiger partial charge is 0.257 e. The Labute approximate surface area is 161 Å². The molecule has 0 bridgehead atoms. The van der Waals surface area contributed by atoms with Crippen molar-refractivity contribution in [1.29, 1.82) is 0 Å². The number of hydrogen-bond donors (Lipinski definition) is 2. The van der Waals surface area contributed by atoms with E-state index in [0.29, 0.717) is 24.1 Å². The van der Waals surface area contributed by atoms with Crippen LogP contribution >= 0.6 is 0 Å². The number of rotatable bonds is 9. The summed E-state index contributed by atoms with van der Waals surface area (Å²) in [4.78, 5) is 23.9. The van der Waals surface area contributed by atoms with Crippen LogP contribution in [0.3, 0.4) is 0 Å². The molecule has 0 saturated heterocycles. The number of benzene rings is 1. The molecule has 1 aliphatic rings. The van der Waals surface area contributed by atoms with Crippen molar-refractivity contribution in [3.05, 3.63) is 29.8 Å². The van der Waals surface area contributed by atoms with Gasteiger partial charge in [0.05, 0.1) is 7.11 Å². The molecule has 148 valence electrons. The normalized spacial score (nSPS) is 14.7. The predicted octanol–water partition coefficient (Wildman–Crippen LogP) is 3.06. The van der Waals surface area contributed by atoms with E-state index in [1.54, 1.807) is 13.2 Å². The molecule has 0 aromatic heterocycles. The van der Waals surface area contributed by atoms with Crippen molar-refractivity contribution in [2.24, 2.45) is 0 Å². The first-order valence-electron chi connectivity index (χ1n) is 9.62. The van der Waals surface area contributed by atoms with E-state index in [0.717, 1.165) is 18.4 Å². The third-order valence-electron chi connectivity index (χ3n) is 4.55. The van der Waals surface area contributed by atoms with Gasteiger partial charge in [0, 0.05) is 19.0 Å². The van der Waals surface area contributed by atoms with E-state index in [9.17, 15) is 9.59 Å². The lowest BCUT2D eigenvalue weighted by molar-refractivity contribution is -0.124. The van der Waals surface area contributed by atoms with Crippen LogP contribution in [-0.2, 0) is 9.59 Å². The molecule has 1 fully saturated rings. The maximum atomic E-state index is 11.9. The van der Waals surface area contributed by atoms with E-state index in [4.69, 9.17) is 9.47 Å². The van der Waals surface area contributed by atoms with Gasteiger partial charge in [0.2, 0.25) is 5.91 Å². The fraction of sp³-hybridized carbons (Fsp3) is 0.524. The molecular formula is C21H30N2O4. The van der Waals surface area contributed by atoms with Crippen molar-refractivity contribution in [2.45, 2.75) is 51.5 Å². The third kappa shape index (κ3) is 7.33. The Kier molecular flexibility index (Phi) is 8.68. The molecule has 6 heteroatoms. The first kappa shape index (κ1) is 20.8. The SMILES string of the molecule is CC=Cc1ccc(OCC(=O)NCCC(=O)NC2CCCCC2)c(OC)c1. The first-order valence-corrected chi connectivity index (χ1v) is 9.62. The van der Waals surface area contributed by atoms with Gasteiger partial charge in [0.25, 0.3) is 5.91 Å². The zero-order valence-corrected chi connectivity index (χ0v) is 16.3. The second-order valence-electron chi connectivity index (χ2n) is 6.70. The van der Waals surface area contributed by atoms with Gasteiger partial charge in [-0.3, -0.25) is 9.59 Å². The average molecular weight is 374 g/mol. The van der Waals surface area contributed by atoms with Gasteiger partial charge < -0.3 is 20.1 Å². The van der Waals surface area contributed by atoms with Crippen LogP contribution < -0.4 is 20.1 Å². The van der Waals surface area contributed by atoms with Crippen LogP contribution in [-0.4, -0.2) is 38.1 Å². The first-order chi connectivity index (χ1) is 13.1. The second-order valence-corrected chi connectivity index (χ2v) is 6.70. The molecule has 6 nitrogen and oxygen atoms in total. The topological polar surface area (TPSA) is 76.7 Å². The van der Waals surface area contributed by atoms with Gasteiger partial charge in [-0.1, -0.05) is 37.5 Å². The number of carbonyl (C=O) groups excluding carboxylic acids is 2. The maximum absolute atomic E-state index is 11.9. The number of hydrogen-bond acceptors (Lipinski definition) is 4. The van der Waals surface area contributed by atoms with Gasteiger partial charge in [-0.05, 0) is 37.5 Å². The Morgan fingerprint density at radius 1 is 1.15 bits per heavy atom. The fourth-order valence-electron chi connectivity index (χ4n) is 3.16. The summed E-state index contributed by atoms with van der Waals surface area (Å²) in [5, 5.41) is 5.75. The quantitative estimate of drug-likeness (QED) is 0.696. The van der Waals surface area contributed by atoms with Gasteiger partial charge in [-0.25, -0.2) is 0 Å². The molecule has 2 N–H and O–H groups in total. The van der Waals surface area contributed by atoms with Crippen molar-refractivity contribution < 1.29 is 19.1 Å². The van der Waals surface area contributed by atoms with E-state index in [2.05, 4.69) is 10.6 Å². The van der Waals surface area contributed by atoms with Gasteiger partial charge in [0.1, 0.15) is 0 Å². The van der Waals surface area contributed by atoms with Crippen molar-refractivity contribution in [2.75, 3.05) is 20.3 Å². The number of amides is 2. The summed E-state index contributed by atoms with van der Waals surface area (Å²) in [6, 6.07) is 5.82. The molecule has 0 radical (unpaired) electrons. The highest BCUT2D eigenvalue weighted by atomic mass is 16.5. The summed E-state index contributed by atoms with van der Waals surface area (Å²) in [5.74, 6) is 0.811. The number of carbonyl (C=O) groups is 2. The lowest BCUT2D eigenvalue weighted by Crippen LogP contribution is -2.38. The van der Waals surface area contributed by atoms with Gasteiger partial charge >= 0.3 is 0 Å². The van der Waals surface area contributed by atoms with Crippen molar-refractivity contribution in [3.63, 3.8) is 0 Å². The Hall–Kier alpha value is -2.50. The summed E-state index contributed by atoms with van der Waals surface area (Å²) in [6.45, 7) is 2.12.